The third-order valence-electron chi connectivity index (χ3n) is 4.07. The Balaban J connectivity index is 1.76. The molecular formula is C21H22ClN3OS. The van der Waals surface area contributed by atoms with E-state index in [-0.39, 0.29) is 6.10 Å². The van der Waals surface area contributed by atoms with Gasteiger partial charge in [0.1, 0.15) is 5.75 Å². The highest BCUT2D eigenvalue weighted by atomic mass is 35.5. The summed E-state index contributed by atoms with van der Waals surface area (Å²) in [5.41, 5.74) is 2.27. The van der Waals surface area contributed by atoms with E-state index in [2.05, 4.69) is 23.7 Å². The molecule has 0 aliphatic rings. The Morgan fingerprint density at radius 3 is 2.63 bits per heavy atom. The molecule has 0 N–H and O–H groups in total. The number of rotatable bonds is 8. The standard InChI is InChI=1S/C21H22ClN3OS/c1-4-13-25-20(16(3)26-18-11-9-15(2)10-12-18)23-24-21(25)27-14-17-7-5-6-8-19(17)22/h4-12,16H,1,13-14H2,2-3H3. The monoisotopic (exact) mass is 399 g/mol. The first-order chi connectivity index (χ1) is 13.1. The van der Waals surface area contributed by atoms with Gasteiger partial charge in [0.05, 0.1) is 0 Å². The molecule has 0 spiro atoms. The molecule has 0 radical (unpaired) electrons. The van der Waals surface area contributed by atoms with Crippen molar-refractivity contribution in [3.8, 4) is 5.75 Å². The Hall–Kier alpha value is -2.24. The van der Waals surface area contributed by atoms with Crippen LogP contribution in [0.5, 0.6) is 5.75 Å². The van der Waals surface area contributed by atoms with E-state index in [1.54, 1.807) is 11.8 Å². The van der Waals surface area contributed by atoms with Crippen LogP contribution in [0, 0.1) is 6.92 Å². The normalized spacial score (nSPS) is 12.0. The summed E-state index contributed by atoms with van der Waals surface area (Å²) in [5.74, 6) is 2.31. The zero-order valence-corrected chi connectivity index (χ0v) is 17.0. The fourth-order valence-electron chi connectivity index (χ4n) is 2.64. The molecule has 2 aromatic carbocycles. The zero-order valence-electron chi connectivity index (χ0n) is 15.4. The van der Waals surface area contributed by atoms with Gasteiger partial charge >= 0.3 is 0 Å². The van der Waals surface area contributed by atoms with Gasteiger partial charge in [0.15, 0.2) is 17.1 Å². The topological polar surface area (TPSA) is 39.9 Å². The molecule has 1 aromatic heterocycles. The van der Waals surface area contributed by atoms with Crippen LogP contribution in [0.3, 0.4) is 0 Å². The summed E-state index contributed by atoms with van der Waals surface area (Å²) in [6.45, 7) is 8.51. The van der Waals surface area contributed by atoms with Crippen molar-refractivity contribution < 1.29 is 4.74 Å². The lowest BCUT2D eigenvalue weighted by Gasteiger charge is -2.16. The van der Waals surface area contributed by atoms with Gasteiger partial charge in [0.25, 0.3) is 0 Å². The average molecular weight is 400 g/mol. The van der Waals surface area contributed by atoms with Gasteiger partial charge < -0.3 is 4.74 Å². The summed E-state index contributed by atoms with van der Waals surface area (Å²) >= 11 is 7.86. The number of thioether (sulfide) groups is 1. The summed E-state index contributed by atoms with van der Waals surface area (Å²) in [6.07, 6.45) is 1.61. The molecule has 0 bridgehead atoms. The predicted molar refractivity (Wildman–Crippen MR) is 111 cm³/mol. The number of hydrogen-bond donors (Lipinski definition) is 0. The Kier molecular flexibility index (Phi) is 6.58. The second-order valence-electron chi connectivity index (χ2n) is 6.19. The number of nitrogens with zero attached hydrogens (tertiary/aromatic N) is 3. The van der Waals surface area contributed by atoms with E-state index >= 15 is 0 Å². The van der Waals surface area contributed by atoms with E-state index in [0.717, 1.165) is 33.1 Å². The molecule has 0 aliphatic carbocycles. The highest BCUT2D eigenvalue weighted by Gasteiger charge is 2.19. The number of hydrogen-bond acceptors (Lipinski definition) is 4. The van der Waals surface area contributed by atoms with Crippen molar-refractivity contribution in [2.75, 3.05) is 0 Å². The minimum Gasteiger partial charge on any atom is -0.483 e. The van der Waals surface area contributed by atoms with Gasteiger partial charge in [-0.3, -0.25) is 4.57 Å². The molecule has 0 saturated carbocycles. The third kappa shape index (κ3) is 4.93. The second kappa shape index (κ2) is 9.11. The predicted octanol–water partition coefficient (Wildman–Crippen LogP) is 5.86. The van der Waals surface area contributed by atoms with E-state index in [9.17, 15) is 0 Å². The molecule has 3 rings (SSSR count). The molecule has 4 nitrogen and oxygen atoms in total. The molecule has 27 heavy (non-hydrogen) atoms. The molecule has 1 heterocycles. The lowest BCUT2D eigenvalue weighted by Crippen LogP contribution is -2.12. The quantitative estimate of drug-likeness (QED) is 0.351. The highest BCUT2D eigenvalue weighted by Crippen LogP contribution is 2.28. The van der Waals surface area contributed by atoms with Crippen molar-refractivity contribution in [3.63, 3.8) is 0 Å². The van der Waals surface area contributed by atoms with Gasteiger partial charge in [0, 0.05) is 17.3 Å². The summed E-state index contributed by atoms with van der Waals surface area (Å²) < 4.78 is 8.08. The van der Waals surface area contributed by atoms with Crippen LogP contribution in [0.25, 0.3) is 0 Å². The van der Waals surface area contributed by atoms with Gasteiger partial charge in [-0.1, -0.05) is 65.3 Å². The Bertz CT molecular complexity index is 908. The zero-order chi connectivity index (χ0) is 19.2. The van der Waals surface area contributed by atoms with Gasteiger partial charge in [-0.2, -0.15) is 0 Å². The summed E-state index contributed by atoms with van der Waals surface area (Å²) in [7, 11) is 0. The molecular weight excluding hydrogens is 378 g/mol. The minimum absolute atomic E-state index is 0.227. The molecule has 140 valence electrons. The van der Waals surface area contributed by atoms with Crippen molar-refractivity contribution in [2.24, 2.45) is 0 Å². The smallest absolute Gasteiger partial charge is 0.191 e. The van der Waals surface area contributed by atoms with Crippen LogP contribution in [-0.4, -0.2) is 14.8 Å². The van der Waals surface area contributed by atoms with Crippen LogP contribution in [0.1, 0.15) is 30.0 Å². The van der Waals surface area contributed by atoms with Crippen LogP contribution < -0.4 is 4.74 Å². The van der Waals surface area contributed by atoms with E-state index < -0.39 is 0 Å². The first kappa shape index (κ1) is 19.5. The molecule has 6 heteroatoms. The summed E-state index contributed by atoms with van der Waals surface area (Å²) in [6, 6.07) is 15.8. The maximum absolute atomic E-state index is 6.26. The first-order valence-corrected chi connectivity index (χ1v) is 10.1. The molecule has 0 aliphatic heterocycles. The number of aromatic nitrogens is 3. The fourth-order valence-corrected chi connectivity index (χ4v) is 3.88. The number of halogens is 1. The van der Waals surface area contributed by atoms with Crippen LogP contribution in [-0.2, 0) is 12.3 Å². The van der Waals surface area contributed by atoms with Gasteiger partial charge in [0.2, 0.25) is 0 Å². The average Bonchev–Trinajstić information content (AvgIpc) is 3.06. The second-order valence-corrected chi connectivity index (χ2v) is 7.54. The Morgan fingerprint density at radius 2 is 1.93 bits per heavy atom. The fraction of sp³-hybridized carbons (Fsp3) is 0.238. The number of benzene rings is 2. The van der Waals surface area contributed by atoms with Crippen LogP contribution in [0.15, 0.2) is 66.3 Å². The number of ether oxygens (including phenoxy) is 1. The van der Waals surface area contributed by atoms with E-state index in [1.165, 1.54) is 5.56 Å². The molecule has 1 atom stereocenters. The molecule has 0 amide bonds. The molecule has 0 saturated heterocycles. The maximum atomic E-state index is 6.26. The SMILES string of the molecule is C=CCn1c(SCc2ccccc2Cl)nnc1C(C)Oc1ccc(C)cc1. The highest BCUT2D eigenvalue weighted by molar-refractivity contribution is 7.98. The Morgan fingerprint density at radius 1 is 1.19 bits per heavy atom. The van der Waals surface area contributed by atoms with E-state index in [4.69, 9.17) is 16.3 Å². The number of aryl methyl sites for hydroxylation is 1. The lowest BCUT2D eigenvalue weighted by molar-refractivity contribution is 0.210. The van der Waals surface area contributed by atoms with Gasteiger partial charge in [-0.25, -0.2) is 0 Å². The van der Waals surface area contributed by atoms with Crippen LogP contribution >= 0.6 is 23.4 Å². The molecule has 3 aromatic rings. The van der Waals surface area contributed by atoms with Crippen molar-refractivity contribution in [1.29, 1.82) is 0 Å². The third-order valence-corrected chi connectivity index (χ3v) is 5.45. The maximum Gasteiger partial charge on any atom is 0.191 e. The Labute approximate surface area is 169 Å². The van der Waals surface area contributed by atoms with Crippen LogP contribution in [0.2, 0.25) is 5.02 Å². The van der Waals surface area contributed by atoms with Crippen molar-refractivity contribution in [2.45, 2.75) is 37.4 Å². The summed E-state index contributed by atoms with van der Waals surface area (Å²) in [5, 5.41) is 10.3. The van der Waals surface area contributed by atoms with Crippen molar-refractivity contribution in [3.05, 3.63) is 83.2 Å². The molecule has 1 unspecified atom stereocenters. The summed E-state index contributed by atoms with van der Waals surface area (Å²) in [4.78, 5) is 0. The van der Waals surface area contributed by atoms with E-state index in [1.807, 2.05) is 66.1 Å². The minimum atomic E-state index is -0.227. The number of allylic oxidation sites excluding steroid dienone is 1. The lowest BCUT2D eigenvalue weighted by atomic mass is 10.2. The van der Waals surface area contributed by atoms with Crippen molar-refractivity contribution in [1.82, 2.24) is 14.8 Å². The first-order valence-electron chi connectivity index (χ1n) is 8.72. The van der Waals surface area contributed by atoms with Crippen LogP contribution in [0.4, 0.5) is 0 Å². The largest absolute Gasteiger partial charge is 0.483 e. The molecule has 0 fully saturated rings. The van der Waals surface area contributed by atoms with Gasteiger partial charge in [-0.05, 0) is 37.6 Å². The van der Waals surface area contributed by atoms with E-state index in [0.29, 0.717) is 6.54 Å². The van der Waals surface area contributed by atoms with Gasteiger partial charge in [-0.15, -0.1) is 16.8 Å². The van der Waals surface area contributed by atoms with Crippen molar-refractivity contribution >= 4 is 23.4 Å².